The van der Waals surface area contributed by atoms with Crippen LogP contribution in [-0.4, -0.2) is 10.7 Å². The van der Waals surface area contributed by atoms with E-state index in [1.807, 2.05) is 19.9 Å². The second-order valence-electron chi connectivity index (χ2n) is 2.61. The lowest BCUT2D eigenvalue weighted by Crippen LogP contribution is -1.93. The molecule has 0 unspecified atom stereocenters. The minimum Gasteiger partial charge on any atom is -0.362 e. The average Bonchev–Trinajstić information content (AvgIpc) is 2.28. The summed E-state index contributed by atoms with van der Waals surface area (Å²) in [5, 5.41) is 7.49. The summed E-state index contributed by atoms with van der Waals surface area (Å²) < 4.78 is 0. The van der Waals surface area contributed by atoms with Crippen molar-refractivity contribution in [3.05, 3.63) is 35.7 Å². The Morgan fingerprint density at radius 1 is 1.64 bits per heavy atom. The fourth-order valence-corrected chi connectivity index (χ4v) is 1.11. The smallest absolute Gasteiger partial charge is 0.0624 e. The molecule has 0 spiro atoms. The van der Waals surface area contributed by atoms with E-state index >= 15 is 0 Å². The van der Waals surface area contributed by atoms with Gasteiger partial charge in [-0.1, -0.05) is 6.58 Å². The van der Waals surface area contributed by atoms with Gasteiger partial charge in [0.15, 0.2) is 0 Å². The van der Waals surface area contributed by atoms with Crippen LogP contribution in [0.4, 0.5) is 0 Å². The van der Waals surface area contributed by atoms with Crippen LogP contribution in [0, 0.1) is 19.3 Å². The summed E-state index contributed by atoms with van der Waals surface area (Å²) in [7, 11) is 0. The van der Waals surface area contributed by atoms with Crippen LogP contribution in [0.5, 0.6) is 0 Å². The summed E-state index contributed by atoms with van der Waals surface area (Å²) in [5.41, 5.74) is 3.54. The topological polar surface area (TPSA) is 39.6 Å². The number of hydrogen-bond acceptors (Lipinski definition) is 1. The molecule has 1 heterocycles. The number of aryl methyl sites for hydroxylation is 2. The second-order valence-corrected chi connectivity index (χ2v) is 2.61. The molecule has 0 aromatic carbocycles. The first-order chi connectivity index (χ1) is 5.15. The number of hydrogen-bond donors (Lipinski definition) is 2. The van der Waals surface area contributed by atoms with E-state index < -0.39 is 0 Å². The third-order valence-corrected chi connectivity index (χ3v) is 1.64. The van der Waals surface area contributed by atoms with Crippen molar-refractivity contribution in [2.24, 2.45) is 0 Å². The van der Waals surface area contributed by atoms with Gasteiger partial charge in [0.25, 0.3) is 0 Å². The van der Waals surface area contributed by atoms with Crippen molar-refractivity contribution in [2.45, 2.75) is 13.8 Å². The molecule has 0 saturated carbocycles. The second kappa shape index (κ2) is 2.74. The molecular formula is C9H12N2. The minimum atomic E-state index is 0.479. The Bertz CT molecular complexity index is 295. The van der Waals surface area contributed by atoms with E-state index in [-0.39, 0.29) is 0 Å². The van der Waals surface area contributed by atoms with Crippen LogP contribution in [0.15, 0.2) is 18.7 Å². The quantitative estimate of drug-likeness (QED) is 0.603. The van der Waals surface area contributed by atoms with E-state index in [1.165, 1.54) is 0 Å². The molecule has 0 aliphatic heterocycles. The standard InChI is InChI=1S/C9H12N2/c1-4-9(10)8-5-6(2)11-7(8)3/h4-5,10-11H,1H2,2-3H3. The van der Waals surface area contributed by atoms with E-state index in [0.717, 1.165) is 17.0 Å². The van der Waals surface area contributed by atoms with Gasteiger partial charge in [-0.05, 0) is 26.0 Å². The van der Waals surface area contributed by atoms with Gasteiger partial charge in [0.05, 0.1) is 5.71 Å². The molecule has 0 radical (unpaired) electrons. The SMILES string of the molecule is C=CC(=N)c1cc(C)[nH]c1C. The molecule has 0 atom stereocenters. The summed E-state index contributed by atoms with van der Waals surface area (Å²) in [6, 6.07) is 1.96. The highest BCUT2D eigenvalue weighted by molar-refractivity contribution is 6.07. The van der Waals surface area contributed by atoms with Gasteiger partial charge in [0.1, 0.15) is 0 Å². The molecule has 1 aromatic heterocycles. The Balaban J connectivity index is 3.12. The Kier molecular flexibility index (Phi) is 1.94. The van der Waals surface area contributed by atoms with Gasteiger partial charge in [0.2, 0.25) is 0 Å². The molecule has 0 amide bonds. The van der Waals surface area contributed by atoms with Crippen molar-refractivity contribution in [3.63, 3.8) is 0 Å². The van der Waals surface area contributed by atoms with Gasteiger partial charge in [0, 0.05) is 17.0 Å². The third kappa shape index (κ3) is 1.40. The lowest BCUT2D eigenvalue weighted by molar-refractivity contribution is 1.19. The molecule has 2 nitrogen and oxygen atoms in total. The van der Waals surface area contributed by atoms with Crippen LogP contribution < -0.4 is 0 Å². The molecule has 11 heavy (non-hydrogen) atoms. The van der Waals surface area contributed by atoms with Gasteiger partial charge < -0.3 is 10.4 Å². The van der Waals surface area contributed by atoms with Crippen LogP contribution in [0.1, 0.15) is 17.0 Å². The molecular weight excluding hydrogens is 136 g/mol. The zero-order chi connectivity index (χ0) is 8.43. The van der Waals surface area contributed by atoms with E-state index in [9.17, 15) is 0 Å². The molecule has 0 aliphatic rings. The molecule has 0 aliphatic carbocycles. The molecule has 0 saturated heterocycles. The maximum absolute atomic E-state index is 7.49. The summed E-state index contributed by atoms with van der Waals surface area (Å²) in [6.45, 7) is 7.49. The fraction of sp³-hybridized carbons (Fsp3) is 0.222. The predicted octanol–water partition coefficient (Wildman–Crippen LogP) is 2.19. The van der Waals surface area contributed by atoms with Crippen LogP contribution in [0.3, 0.4) is 0 Å². The van der Waals surface area contributed by atoms with E-state index in [4.69, 9.17) is 5.41 Å². The van der Waals surface area contributed by atoms with Gasteiger partial charge >= 0.3 is 0 Å². The van der Waals surface area contributed by atoms with Crippen LogP contribution in [0.25, 0.3) is 0 Å². The first-order valence-electron chi connectivity index (χ1n) is 3.52. The number of aromatic amines is 1. The molecule has 1 rings (SSSR count). The Morgan fingerprint density at radius 2 is 2.27 bits per heavy atom. The van der Waals surface area contributed by atoms with Crippen LogP contribution in [0.2, 0.25) is 0 Å². The Labute approximate surface area is 66.5 Å². The summed E-state index contributed by atoms with van der Waals surface area (Å²) in [5.74, 6) is 0. The monoisotopic (exact) mass is 148 g/mol. The highest BCUT2D eigenvalue weighted by Gasteiger charge is 2.03. The molecule has 0 bridgehead atoms. The lowest BCUT2D eigenvalue weighted by Gasteiger charge is -1.93. The number of nitrogens with one attached hydrogen (secondary N) is 2. The maximum Gasteiger partial charge on any atom is 0.0624 e. The maximum atomic E-state index is 7.49. The van der Waals surface area contributed by atoms with Crippen molar-refractivity contribution in [2.75, 3.05) is 0 Å². The van der Waals surface area contributed by atoms with Gasteiger partial charge in [-0.2, -0.15) is 0 Å². The Morgan fingerprint density at radius 3 is 2.64 bits per heavy atom. The number of aromatic nitrogens is 1. The first-order valence-corrected chi connectivity index (χ1v) is 3.52. The van der Waals surface area contributed by atoms with E-state index in [0.29, 0.717) is 5.71 Å². The van der Waals surface area contributed by atoms with E-state index in [2.05, 4.69) is 11.6 Å². The van der Waals surface area contributed by atoms with Gasteiger partial charge in [-0.3, -0.25) is 0 Å². The van der Waals surface area contributed by atoms with Crippen molar-refractivity contribution in [1.29, 1.82) is 5.41 Å². The fourth-order valence-electron chi connectivity index (χ4n) is 1.11. The zero-order valence-electron chi connectivity index (χ0n) is 6.86. The van der Waals surface area contributed by atoms with Crippen LogP contribution in [-0.2, 0) is 0 Å². The summed E-state index contributed by atoms with van der Waals surface area (Å²) >= 11 is 0. The minimum absolute atomic E-state index is 0.479. The van der Waals surface area contributed by atoms with Crippen molar-refractivity contribution < 1.29 is 0 Å². The lowest BCUT2D eigenvalue weighted by atomic mass is 10.1. The Hall–Kier alpha value is -1.31. The van der Waals surface area contributed by atoms with Crippen molar-refractivity contribution >= 4 is 5.71 Å². The highest BCUT2D eigenvalue weighted by Crippen LogP contribution is 2.09. The molecule has 2 heteroatoms. The van der Waals surface area contributed by atoms with Gasteiger partial charge in [-0.25, -0.2) is 0 Å². The number of allylic oxidation sites excluding steroid dienone is 1. The number of rotatable bonds is 2. The average molecular weight is 148 g/mol. The first kappa shape index (κ1) is 7.79. The van der Waals surface area contributed by atoms with Crippen LogP contribution >= 0.6 is 0 Å². The van der Waals surface area contributed by atoms with Gasteiger partial charge in [-0.15, -0.1) is 0 Å². The molecule has 0 fully saturated rings. The molecule has 1 aromatic rings. The molecule has 58 valence electrons. The van der Waals surface area contributed by atoms with E-state index in [1.54, 1.807) is 6.08 Å². The highest BCUT2D eigenvalue weighted by atomic mass is 14.7. The third-order valence-electron chi connectivity index (χ3n) is 1.64. The number of H-pyrrole nitrogens is 1. The normalized spacial score (nSPS) is 9.64. The largest absolute Gasteiger partial charge is 0.362 e. The zero-order valence-corrected chi connectivity index (χ0v) is 6.86. The molecule has 2 N–H and O–H groups in total. The summed E-state index contributed by atoms with van der Waals surface area (Å²) in [6.07, 6.45) is 1.55. The summed E-state index contributed by atoms with van der Waals surface area (Å²) in [4.78, 5) is 3.13. The van der Waals surface area contributed by atoms with Crippen molar-refractivity contribution in [1.82, 2.24) is 4.98 Å². The van der Waals surface area contributed by atoms with Crippen molar-refractivity contribution in [3.8, 4) is 0 Å². The predicted molar refractivity (Wildman–Crippen MR) is 47.3 cm³/mol.